The highest BCUT2D eigenvalue weighted by molar-refractivity contribution is 6.30. The van der Waals surface area contributed by atoms with Crippen LogP contribution in [0.1, 0.15) is 89.2 Å². The fourth-order valence-corrected chi connectivity index (χ4v) is 2.55. The highest BCUT2D eigenvalue weighted by atomic mass is 35.5. The fourth-order valence-electron chi connectivity index (χ4n) is 2.43. The van der Waals surface area contributed by atoms with Crippen molar-refractivity contribution in [3.05, 3.63) is 70.7 Å². The normalized spacial score (nSPS) is 11.1. The summed E-state index contributed by atoms with van der Waals surface area (Å²) in [5.74, 6) is -6.51. The van der Waals surface area contributed by atoms with Gasteiger partial charge in [-0.3, -0.25) is 19.2 Å². The lowest BCUT2D eigenvalue weighted by Gasteiger charge is -2.09. The van der Waals surface area contributed by atoms with Gasteiger partial charge in [-0.25, -0.2) is 0 Å². The number of carbonyl (C=O) groups is 4. The number of hydrogen-bond donors (Lipinski definition) is 4. The van der Waals surface area contributed by atoms with Crippen LogP contribution in [-0.2, 0) is 19.2 Å². The Labute approximate surface area is 223 Å². The van der Waals surface area contributed by atoms with E-state index in [9.17, 15) is 19.2 Å². The molecule has 0 saturated heterocycles. The second kappa shape index (κ2) is 21.9. The van der Waals surface area contributed by atoms with E-state index >= 15 is 0 Å². The Balaban J connectivity index is 0. The van der Waals surface area contributed by atoms with Crippen LogP contribution in [0.2, 0.25) is 5.02 Å². The smallest absolute Gasteiger partial charge is 0.311 e. The summed E-state index contributed by atoms with van der Waals surface area (Å²) in [4.78, 5) is 42.5. The number of hydrogen-bond acceptors (Lipinski definition) is 4. The molecule has 0 amide bonds. The van der Waals surface area contributed by atoms with Crippen LogP contribution in [0.15, 0.2) is 54.6 Å². The third kappa shape index (κ3) is 18.5. The van der Waals surface area contributed by atoms with Crippen molar-refractivity contribution in [2.45, 2.75) is 78.1 Å². The molecule has 0 bridgehead atoms. The quantitative estimate of drug-likeness (QED) is 0.254. The standard InChI is InChI=1S/C10H9ClO4.C10H10O4.2C4H10/c11-7-3-1-6(2-4-7)8(10(14)15)5-9(12)13;11-9(12)6-8(10(13)14)7-4-2-1-3-5-7;2*1-3-4-2/h1-4,8H,5H2,(H,12,13)(H,14,15);1-5,8H,6H2,(H,11,12)(H,13,14);2*3-4H2,1-2H3. The lowest BCUT2D eigenvalue weighted by Crippen LogP contribution is -2.15. The molecule has 0 saturated carbocycles. The molecule has 0 aromatic heterocycles. The van der Waals surface area contributed by atoms with E-state index in [0.717, 1.165) is 0 Å². The van der Waals surface area contributed by atoms with Crippen molar-refractivity contribution in [3.63, 3.8) is 0 Å². The van der Waals surface area contributed by atoms with Crippen LogP contribution >= 0.6 is 11.6 Å². The minimum absolute atomic E-state index is 0.390. The minimum atomic E-state index is -1.15. The third-order valence-electron chi connectivity index (χ3n) is 4.83. The average molecular weight is 539 g/mol. The number of halogens is 1. The first-order chi connectivity index (χ1) is 17.4. The Morgan fingerprint density at radius 2 is 0.919 bits per heavy atom. The second-order valence-corrected chi connectivity index (χ2v) is 8.38. The summed E-state index contributed by atoms with van der Waals surface area (Å²) in [5, 5.41) is 35.2. The van der Waals surface area contributed by atoms with E-state index in [2.05, 4.69) is 27.7 Å². The summed E-state index contributed by atoms with van der Waals surface area (Å²) in [6.45, 7) is 8.72. The SMILES string of the molecule is CCCC.CCCC.O=C(O)CC(C(=O)O)c1ccc(Cl)cc1.O=C(O)CC(C(=O)O)c1ccccc1. The van der Waals surface area contributed by atoms with Gasteiger partial charge in [0.25, 0.3) is 0 Å². The molecule has 2 aromatic rings. The van der Waals surface area contributed by atoms with Crippen molar-refractivity contribution < 1.29 is 39.6 Å². The van der Waals surface area contributed by atoms with E-state index in [1.165, 1.54) is 49.9 Å². The molecule has 0 aliphatic heterocycles. The van der Waals surface area contributed by atoms with E-state index in [0.29, 0.717) is 16.1 Å². The van der Waals surface area contributed by atoms with E-state index in [4.69, 9.17) is 32.0 Å². The topological polar surface area (TPSA) is 149 Å². The fraction of sp³-hybridized carbons (Fsp3) is 0.429. The van der Waals surface area contributed by atoms with Gasteiger partial charge in [0.2, 0.25) is 0 Å². The van der Waals surface area contributed by atoms with Crippen LogP contribution in [-0.4, -0.2) is 44.3 Å². The van der Waals surface area contributed by atoms with Crippen LogP contribution in [0, 0.1) is 0 Å². The highest BCUT2D eigenvalue weighted by Crippen LogP contribution is 2.22. The molecule has 2 aromatic carbocycles. The number of carboxylic acid groups (broad SMARTS) is 4. The van der Waals surface area contributed by atoms with Crippen molar-refractivity contribution in [3.8, 4) is 0 Å². The maximum absolute atomic E-state index is 10.8. The van der Waals surface area contributed by atoms with Crippen molar-refractivity contribution in [2.24, 2.45) is 0 Å². The number of aliphatic carboxylic acids is 4. The Hall–Kier alpha value is -3.39. The zero-order valence-corrected chi connectivity index (χ0v) is 22.6. The maximum atomic E-state index is 10.8. The predicted octanol–water partition coefficient (Wildman–Crippen LogP) is 6.93. The molecule has 2 atom stereocenters. The van der Waals surface area contributed by atoms with Gasteiger partial charge in [0, 0.05) is 5.02 Å². The van der Waals surface area contributed by atoms with Gasteiger partial charge < -0.3 is 20.4 Å². The van der Waals surface area contributed by atoms with Crippen molar-refractivity contribution in [2.75, 3.05) is 0 Å². The molecule has 206 valence electrons. The zero-order valence-electron chi connectivity index (χ0n) is 21.9. The van der Waals surface area contributed by atoms with Crippen molar-refractivity contribution >= 4 is 35.5 Å². The first-order valence-electron chi connectivity index (χ1n) is 12.1. The van der Waals surface area contributed by atoms with Crippen molar-refractivity contribution in [1.29, 1.82) is 0 Å². The Morgan fingerprint density at radius 3 is 1.19 bits per heavy atom. The van der Waals surface area contributed by atoms with Gasteiger partial charge in [-0.1, -0.05) is 107 Å². The zero-order chi connectivity index (χ0) is 28.8. The number of rotatable bonds is 10. The average Bonchev–Trinajstić information content (AvgIpc) is 2.87. The summed E-state index contributed by atoms with van der Waals surface area (Å²) in [5.41, 5.74) is 0.955. The van der Waals surface area contributed by atoms with E-state index in [-0.39, 0.29) is 6.42 Å². The summed E-state index contributed by atoms with van der Waals surface area (Å²) < 4.78 is 0. The highest BCUT2D eigenvalue weighted by Gasteiger charge is 2.23. The third-order valence-corrected chi connectivity index (χ3v) is 5.08. The second-order valence-electron chi connectivity index (χ2n) is 7.94. The molecular formula is C28H39ClO8. The van der Waals surface area contributed by atoms with Crippen molar-refractivity contribution in [1.82, 2.24) is 0 Å². The molecule has 2 rings (SSSR count). The van der Waals surface area contributed by atoms with Gasteiger partial charge in [0.1, 0.15) is 0 Å². The summed E-state index contributed by atoms with van der Waals surface area (Å²) >= 11 is 5.64. The number of benzene rings is 2. The molecule has 0 aliphatic rings. The maximum Gasteiger partial charge on any atom is 0.311 e. The molecule has 37 heavy (non-hydrogen) atoms. The predicted molar refractivity (Wildman–Crippen MR) is 144 cm³/mol. The minimum Gasteiger partial charge on any atom is -0.481 e. The lowest BCUT2D eigenvalue weighted by atomic mass is 9.96. The van der Waals surface area contributed by atoms with E-state index in [1.807, 2.05) is 0 Å². The first-order valence-corrected chi connectivity index (χ1v) is 12.5. The first kappa shape index (κ1) is 35.8. The largest absolute Gasteiger partial charge is 0.481 e. The molecule has 4 N–H and O–H groups in total. The Bertz CT molecular complexity index is 906. The molecule has 0 radical (unpaired) electrons. The molecule has 0 aliphatic carbocycles. The Morgan fingerprint density at radius 1 is 0.595 bits per heavy atom. The monoisotopic (exact) mass is 538 g/mol. The number of carboxylic acids is 4. The van der Waals surface area contributed by atoms with Crippen LogP contribution < -0.4 is 0 Å². The summed E-state index contributed by atoms with van der Waals surface area (Å²) in [6, 6.07) is 14.5. The molecule has 9 heteroatoms. The molecule has 0 heterocycles. The molecule has 0 fully saturated rings. The Kier molecular flexibility index (Phi) is 21.1. The van der Waals surface area contributed by atoms with E-state index < -0.39 is 42.1 Å². The lowest BCUT2D eigenvalue weighted by molar-refractivity contribution is -0.145. The molecule has 2 unspecified atom stereocenters. The molecular weight excluding hydrogens is 500 g/mol. The van der Waals surface area contributed by atoms with Gasteiger partial charge in [0.05, 0.1) is 24.7 Å². The van der Waals surface area contributed by atoms with Gasteiger partial charge in [-0.2, -0.15) is 0 Å². The molecule has 0 spiro atoms. The van der Waals surface area contributed by atoms with Gasteiger partial charge in [-0.15, -0.1) is 0 Å². The van der Waals surface area contributed by atoms with Crippen LogP contribution in [0.3, 0.4) is 0 Å². The van der Waals surface area contributed by atoms with E-state index in [1.54, 1.807) is 30.3 Å². The van der Waals surface area contributed by atoms with Gasteiger partial charge in [0.15, 0.2) is 0 Å². The molecule has 8 nitrogen and oxygen atoms in total. The number of unbranched alkanes of at least 4 members (excludes halogenated alkanes) is 2. The van der Waals surface area contributed by atoms with Gasteiger partial charge >= 0.3 is 23.9 Å². The summed E-state index contributed by atoms with van der Waals surface area (Å²) in [7, 11) is 0. The van der Waals surface area contributed by atoms with Crippen LogP contribution in [0.5, 0.6) is 0 Å². The van der Waals surface area contributed by atoms with Crippen LogP contribution in [0.25, 0.3) is 0 Å². The summed E-state index contributed by atoms with van der Waals surface area (Å²) in [6.07, 6.45) is 4.45. The van der Waals surface area contributed by atoms with Gasteiger partial charge in [-0.05, 0) is 23.3 Å². The van der Waals surface area contributed by atoms with Crippen LogP contribution in [0.4, 0.5) is 0 Å².